The highest BCUT2D eigenvalue weighted by Gasteiger charge is 2.14. The summed E-state index contributed by atoms with van der Waals surface area (Å²) in [5, 5.41) is 4.55. The fraction of sp³-hybridized carbons (Fsp3) is 0.348. The number of H-pyrrole nitrogens is 1. The molecule has 0 aliphatic carbocycles. The maximum atomic E-state index is 5.46. The summed E-state index contributed by atoms with van der Waals surface area (Å²) in [6.07, 6.45) is 4.25. The summed E-state index contributed by atoms with van der Waals surface area (Å²) in [4.78, 5) is 14.9. The lowest BCUT2D eigenvalue weighted by atomic mass is 10.1. The number of likely N-dealkylation sites (tertiary alicyclic amines) is 1. The van der Waals surface area contributed by atoms with E-state index in [9.17, 15) is 0 Å². The van der Waals surface area contributed by atoms with Gasteiger partial charge in [0.05, 0.1) is 16.6 Å². The van der Waals surface area contributed by atoms with Crippen LogP contribution in [0.5, 0.6) is 0 Å². The van der Waals surface area contributed by atoms with E-state index >= 15 is 0 Å². The maximum Gasteiger partial charge on any atom is 0.178 e. The lowest BCUT2D eigenvalue weighted by Gasteiger charge is -2.18. The third kappa shape index (κ3) is 3.59. The Balaban J connectivity index is 1.45. The van der Waals surface area contributed by atoms with Crippen molar-refractivity contribution < 1.29 is 0 Å². The van der Waals surface area contributed by atoms with Crippen LogP contribution >= 0.6 is 12.2 Å². The molecule has 0 spiro atoms. The van der Waals surface area contributed by atoms with Crippen LogP contribution in [0, 0.1) is 4.77 Å². The van der Waals surface area contributed by atoms with E-state index in [4.69, 9.17) is 12.2 Å². The van der Waals surface area contributed by atoms with Crippen LogP contribution in [0.4, 0.5) is 5.82 Å². The first-order valence-corrected chi connectivity index (χ1v) is 11.0. The lowest BCUT2D eigenvalue weighted by molar-refractivity contribution is 0.330. The van der Waals surface area contributed by atoms with Crippen LogP contribution < -0.4 is 5.32 Å². The summed E-state index contributed by atoms with van der Waals surface area (Å²) in [5.41, 5.74) is 5.71. The normalized spacial score (nSPS) is 14.7. The topological polar surface area (TPSA) is 61.8 Å². The SMILES string of the molecule is CCn1c(=S)[nH]c2cc3c(NCc4ccccc4CN4CCCC4)ncnc3cc21. The number of nitrogens with zero attached hydrogens (tertiary/aromatic N) is 4. The Hall–Kier alpha value is -2.77. The number of hydrogen-bond acceptors (Lipinski definition) is 5. The van der Waals surface area contributed by atoms with E-state index in [2.05, 4.69) is 73.1 Å². The van der Waals surface area contributed by atoms with Gasteiger partial charge in [0.2, 0.25) is 0 Å². The minimum Gasteiger partial charge on any atom is -0.365 e. The molecule has 30 heavy (non-hydrogen) atoms. The second kappa shape index (κ2) is 8.16. The highest BCUT2D eigenvalue weighted by molar-refractivity contribution is 7.71. The molecule has 1 aliphatic heterocycles. The Bertz CT molecular complexity index is 1250. The molecule has 0 bridgehead atoms. The van der Waals surface area contributed by atoms with Gasteiger partial charge in [-0.3, -0.25) is 4.90 Å². The first-order valence-electron chi connectivity index (χ1n) is 10.6. The predicted molar refractivity (Wildman–Crippen MR) is 124 cm³/mol. The van der Waals surface area contributed by atoms with E-state index in [0.29, 0.717) is 0 Å². The molecular formula is C23H26N6S. The third-order valence-electron chi connectivity index (χ3n) is 6.00. The lowest BCUT2D eigenvalue weighted by Crippen LogP contribution is -2.19. The first kappa shape index (κ1) is 19.2. The van der Waals surface area contributed by atoms with Crippen LogP contribution in [0.2, 0.25) is 0 Å². The molecule has 0 unspecified atom stereocenters. The molecule has 3 heterocycles. The van der Waals surface area contributed by atoms with Gasteiger partial charge in [-0.1, -0.05) is 24.3 Å². The fourth-order valence-electron chi connectivity index (χ4n) is 4.41. The van der Waals surface area contributed by atoms with Gasteiger partial charge in [0.1, 0.15) is 12.1 Å². The monoisotopic (exact) mass is 418 g/mol. The van der Waals surface area contributed by atoms with Gasteiger partial charge in [0.25, 0.3) is 0 Å². The van der Waals surface area contributed by atoms with Gasteiger partial charge < -0.3 is 14.9 Å². The van der Waals surface area contributed by atoms with Crippen LogP contribution in [0.1, 0.15) is 30.9 Å². The van der Waals surface area contributed by atoms with Crippen molar-refractivity contribution in [3.63, 3.8) is 0 Å². The molecule has 0 saturated carbocycles. The molecule has 1 fully saturated rings. The number of benzene rings is 2. The molecule has 4 aromatic rings. The number of aromatic amines is 1. The zero-order valence-electron chi connectivity index (χ0n) is 17.2. The maximum absolute atomic E-state index is 5.46. The number of rotatable bonds is 6. The summed E-state index contributed by atoms with van der Waals surface area (Å²) >= 11 is 5.46. The predicted octanol–water partition coefficient (Wildman–Crippen LogP) is 4.87. The molecule has 0 atom stereocenters. The minimum absolute atomic E-state index is 0.736. The zero-order valence-corrected chi connectivity index (χ0v) is 18.0. The van der Waals surface area contributed by atoms with Crippen molar-refractivity contribution in [2.75, 3.05) is 18.4 Å². The van der Waals surface area contributed by atoms with Crippen LogP contribution in [0.15, 0.2) is 42.7 Å². The molecule has 7 heteroatoms. The van der Waals surface area contributed by atoms with E-state index in [-0.39, 0.29) is 0 Å². The molecule has 0 radical (unpaired) electrons. The van der Waals surface area contributed by atoms with Crippen LogP contribution in [-0.2, 0) is 19.6 Å². The Morgan fingerprint density at radius 1 is 1.10 bits per heavy atom. The van der Waals surface area contributed by atoms with Gasteiger partial charge >= 0.3 is 0 Å². The molecule has 0 amide bonds. The number of imidazole rings is 1. The van der Waals surface area contributed by atoms with Gasteiger partial charge in [0.15, 0.2) is 4.77 Å². The van der Waals surface area contributed by atoms with Crippen molar-refractivity contribution in [3.05, 3.63) is 58.6 Å². The Kier molecular flexibility index (Phi) is 5.23. The molecule has 2 aromatic heterocycles. The summed E-state index contributed by atoms with van der Waals surface area (Å²) < 4.78 is 2.83. The fourth-order valence-corrected chi connectivity index (χ4v) is 4.74. The Morgan fingerprint density at radius 2 is 1.90 bits per heavy atom. The van der Waals surface area contributed by atoms with Gasteiger partial charge in [-0.25, -0.2) is 9.97 Å². The number of aromatic nitrogens is 4. The average molecular weight is 419 g/mol. The zero-order chi connectivity index (χ0) is 20.5. The van der Waals surface area contributed by atoms with Gasteiger partial charge in [-0.2, -0.15) is 0 Å². The molecular weight excluding hydrogens is 392 g/mol. The quantitative estimate of drug-likeness (QED) is 0.438. The van der Waals surface area contributed by atoms with Crippen molar-refractivity contribution in [1.82, 2.24) is 24.4 Å². The smallest absolute Gasteiger partial charge is 0.178 e. The van der Waals surface area contributed by atoms with E-state index in [1.807, 2.05) is 0 Å². The van der Waals surface area contributed by atoms with Crippen molar-refractivity contribution in [3.8, 4) is 0 Å². The Morgan fingerprint density at radius 3 is 2.70 bits per heavy atom. The number of nitrogens with one attached hydrogen (secondary N) is 2. The minimum atomic E-state index is 0.736. The second-order valence-corrected chi connectivity index (χ2v) is 8.28. The summed E-state index contributed by atoms with van der Waals surface area (Å²) in [6.45, 7) is 7.08. The first-order chi connectivity index (χ1) is 14.7. The van der Waals surface area contributed by atoms with Gasteiger partial charge in [-0.15, -0.1) is 0 Å². The highest BCUT2D eigenvalue weighted by atomic mass is 32.1. The number of aryl methyl sites for hydroxylation is 1. The Labute approximate surface area is 181 Å². The molecule has 6 nitrogen and oxygen atoms in total. The number of hydrogen-bond donors (Lipinski definition) is 2. The van der Waals surface area contributed by atoms with Gasteiger partial charge in [-0.05, 0) is 68.3 Å². The van der Waals surface area contributed by atoms with Crippen LogP contribution in [0.25, 0.3) is 21.9 Å². The largest absolute Gasteiger partial charge is 0.365 e. The van der Waals surface area contributed by atoms with E-state index in [0.717, 1.165) is 52.2 Å². The number of anilines is 1. The van der Waals surface area contributed by atoms with Crippen LogP contribution in [0.3, 0.4) is 0 Å². The third-order valence-corrected chi connectivity index (χ3v) is 6.33. The number of fused-ring (bicyclic) bond motifs is 2. The van der Waals surface area contributed by atoms with E-state index in [1.54, 1.807) is 6.33 Å². The van der Waals surface area contributed by atoms with E-state index in [1.165, 1.54) is 37.1 Å². The van der Waals surface area contributed by atoms with Crippen LogP contribution in [-0.4, -0.2) is 37.5 Å². The molecule has 2 aromatic carbocycles. The average Bonchev–Trinajstić information content (AvgIpc) is 3.37. The molecule has 2 N–H and O–H groups in total. The van der Waals surface area contributed by atoms with E-state index < -0.39 is 0 Å². The molecule has 1 aliphatic rings. The van der Waals surface area contributed by atoms with Crippen molar-refractivity contribution in [2.45, 2.75) is 39.4 Å². The van der Waals surface area contributed by atoms with Crippen molar-refractivity contribution >= 4 is 40.0 Å². The summed E-state index contributed by atoms with van der Waals surface area (Å²) in [5.74, 6) is 0.849. The standard InChI is InChI=1S/C23H26N6S/c1-2-29-21-12-19-18(11-20(21)27-23(29)30)22(26-15-25-19)24-13-16-7-3-4-8-17(16)14-28-9-5-6-10-28/h3-4,7-8,11-12,15H,2,5-6,9-10,13-14H2,1H3,(H,27,30)(H,24,25,26). The highest BCUT2D eigenvalue weighted by Crippen LogP contribution is 2.26. The summed E-state index contributed by atoms with van der Waals surface area (Å²) in [7, 11) is 0. The van der Waals surface area contributed by atoms with Crippen molar-refractivity contribution in [1.29, 1.82) is 0 Å². The van der Waals surface area contributed by atoms with Crippen molar-refractivity contribution in [2.24, 2.45) is 0 Å². The van der Waals surface area contributed by atoms with Gasteiger partial charge in [0, 0.05) is 25.0 Å². The second-order valence-electron chi connectivity index (χ2n) is 7.89. The molecule has 1 saturated heterocycles. The molecule has 154 valence electrons. The molecule has 5 rings (SSSR count). The summed E-state index contributed by atoms with van der Waals surface area (Å²) in [6, 6.07) is 12.9.